The van der Waals surface area contributed by atoms with Gasteiger partial charge in [-0.15, -0.1) is 0 Å². The third-order valence-electron chi connectivity index (χ3n) is 9.10. The molecule has 0 amide bonds. The number of carbonyl (C=O) groups excluding carboxylic acids is 3. The molecule has 0 radical (unpaired) electrons. The first-order valence-electron chi connectivity index (χ1n) is 15.1. The van der Waals surface area contributed by atoms with Gasteiger partial charge in [-0.05, 0) is 102 Å². The van der Waals surface area contributed by atoms with Gasteiger partial charge < -0.3 is 30.2 Å². The fourth-order valence-corrected chi connectivity index (χ4v) is 7.75. The second-order valence-electron chi connectivity index (χ2n) is 16.4. The molecule has 1 aromatic carbocycles. The van der Waals surface area contributed by atoms with Crippen LogP contribution in [0.2, 0.25) is 0 Å². The molecular weight excluding hydrogens is 534 g/mol. The minimum atomic E-state index is -0.471. The number of carbonyl (C=O) groups is 3. The summed E-state index contributed by atoms with van der Waals surface area (Å²) in [6.45, 7) is 24.2. The van der Waals surface area contributed by atoms with Crippen LogP contribution in [0.5, 0.6) is 17.2 Å². The maximum absolute atomic E-state index is 13.4. The lowest BCUT2D eigenvalue weighted by Crippen LogP contribution is -2.47. The van der Waals surface area contributed by atoms with Crippen molar-refractivity contribution in [3.05, 3.63) is 18.2 Å². The second-order valence-corrected chi connectivity index (χ2v) is 16.4. The standard InChI is InChI=1S/C33H51N3O6/c1-28(2)16-22(31(7,8)34-28)25(37)40-19-13-20(41-26(38)23-17-29(3,4)35-32(23,9)10)15-21(14-19)42-27(39)24-18-30(5,6)36-33(24,11)12/h13-15,22-24,34-36H,16-18H2,1-12H3. The molecule has 0 bridgehead atoms. The van der Waals surface area contributed by atoms with Crippen LogP contribution in [-0.4, -0.2) is 51.1 Å². The van der Waals surface area contributed by atoms with Gasteiger partial charge in [-0.1, -0.05) is 0 Å². The molecule has 0 aromatic heterocycles. The molecule has 1 aromatic rings. The van der Waals surface area contributed by atoms with Gasteiger partial charge in [0.05, 0.1) is 17.8 Å². The van der Waals surface area contributed by atoms with Crippen LogP contribution in [0.4, 0.5) is 0 Å². The summed E-state index contributed by atoms with van der Waals surface area (Å²) in [5, 5.41) is 10.5. The molecule has 3 unspecified atom stereocenters. The fraction of sp³-hybridized carbons (Fsp3) is 0.727. The van der Waals surface area contributed by atoms with E-state index < -0.39 is 52.3 Å². The highest BCUT2D eigenvalue weighted by atomic mass is 16.6. The zero-order valence-electron chi connectivity index (χ0n) is 27.5. The SMILES string of the molecule is CC1(C)CC(C(=O)Oc2cc(OC(=O)C3CC(C)(C)NC3(C)C)cc(OC(=O)C3CC(C)(C)NC3(C)C)c2)C(C)(C)N1. The maximum atomic E-state index is 13.4. The van der Waals surface area contributed by atoms with Gasteiger partial charge in [0.1, 0.15) is 17.2 Å². The molecule has 3 N–H and O–H groups in total. The van der Waals surface area contributed by atoms with Crippen molar-refractivity contribution in [3.63, 3.8) is 0 Å². The Hall–Kier alpha value is -2.49. The fourth-order valence-electron chi connectivity index (χ4n) is 7.75. The van der Waals surface area contributed by atoms with Crippen molar-refractivity contribution in [1.82, 2.24) is 16.0 Å². The molecule has 3 fully saturated rings. The first kappa shape index (κ1) is 32.4. The van der Waals surface area contributed by atoms with Crippen LogP contribution in [0.1, 0.15) is 102 Å². The summed E-state index contributed by atoms with van der Waals surface area (Å²) in [5.41, 5.74) is -2.09. The summed E-state index contributed by atoms with van der Waals surface area (Å²) >= 11 is 0. The molecule has 4 rings (SSSR count). The Morgan fingerprint density at radius 1 is 0.500 bits per heavy atom. The summed E-state index contributed by atoms with van der Waals surface area (Å²) < 4.78 is 17.7. The van der Waals surface area contributed by atoms with E-state index in [2.05, 4.69) is 57.5 Å². The van der Waals surface area contributed by atoms with Crippen LogP contribution in [-0.2, 0) is 14.4 Å². The molecule has 3 saturated heterocycles. The Morgan fingerprint density at radius 2 is 0.714 bits per heavy atom. The van der Waals surface area contributed by atoms with Crippen LogP contribution in [0.25, 0.3) is 0 Å². The highest BCUT2D eigenvalue weighted by molar-refractivity contribution is 5.80. The van der Waals surface area contributed by atoms with Gasteiger partial charge in [0.25, 0.3) is 0 Å². The van der Waals surface area contributed by atoms with Crippen molar-refractivity contribution < 1.29 is 28.6 Å². The van der Waals surface area contributed by atoms with Crippen molar-refractivity contribution in [2.24, 2.45) is 17.8 Å². The molecule has 3 atom stereocenters. The number of hydrogen-bond donors (Lipinski definition) is 3. The number of ether oxygens (including phenoxy) is 3. The predicted molar refractivity (Wildman–Crippen MR) is 162 cm³/mol. The van der Waals surface area contributed by atoms with Crippen molar-refractivity contribution >= 4 is 17.9 Å². The average Bonchev–Trinajstić information content (AvgIpc) is 3.25. The second kappa shape index (κ2) is 10.3. The van der Waals surface area contributed by atoms with E-state index in [9.17, 15) is 14.4 Å². The third-order valence-corrected chi connectivity index (χ3v) is 9.10. The molecule has 0 saturated carbocycles. The number of esters is 3. The normalized spacial score (nSPS) is 29.6. The van der Waals surface area contributed by atoms with Crippen LogP contribution >= 0.6 is 0 Å². The summed E-state index contributed by atoms with van der Waals surface area (Å²) in [5.74, 6) is -1.93. The molecule has 9 heteroatoms. The van der Waals surface area contributed by atoms with Gasteiger partial charge in [-0.3, -0.25) is 14.4 Å². The maximum Gasteiger partial charge on any atom is 0.316 e. The average molecular weight is 586 g/mol. The monoisotopic (exact) mass is 585 g/mol. The van der Waals surface area contributed by atoms with Crippen LogP contribution < -0.4 is 30.2 Å². The minimum absolute atomic E-state index is 0.155. The number of nitrogens with one attached hydrogen (secondary N) is 3. The molecule has 3 aliphatic rings. The first-order chi connectivity index (χ1) is 18.9. The molecule has 0 aliphatic carbocycles. The summed E-state index contributed by atoms with van der Waals surface area (Å²) in [4.78, 5) is 40.3. The Labute approximate surface area is 251 Å². The molecule has 0 spiro atoms. The molecule has 3 aliphatic heterocycles. The van der Waals surface area contributed by atoms with Gasteiger partial charge in [0, 0.05) is 51.4 Å². The van der Waals surface area contributed by atoms with Gasteiger partial charge >= 0.3 is 17.9 Å². The van der Waals surface area contributed by atoms with Crippen molar-refractivity contribution in [1.29, 1.82) is 0 Å². The Balaban J connectivity index is 1.61. The van der Waals surface area contributed by atoms with Crippen LogP contribution in [0.3, 0.4) is 0 Å². The zero-order chi connectivity index (χ0) is 31.7. The van der Waals surface area contributed by atoms with Crippen LogP contribution in [0.15, 0.2) is 18.2 Å². The Kier molecular flexibility index (Phi) is 7.96. The molecule has 9 nitrogen and oxygen atoms in total. The van der Waals surface area contributed by atoms with Gasteiger partial charge in [-0.2, -0.15) is 0 Å². The largest absolute Gasteiger partial charge is 0.426 e. The number of hydrogen-bond acceptors (Lipinski definition) is 9. The van der Waals surface area contributed by atoms with E-state index in [0.29, 0.717) is 19.3 Å². The van der Waals surface area contributed by atoms with Gasteiger partial charge in [0.2, 0.25) is 0 Å². The summed E-state index contributed by atoms with van der Waals surface area (Å²) in [6.07, 6.45) is 1.82. The van der Waals surface area contributed by atoms with E-state index in [1.165, 1.54) is 18.2 Å². The van der Waals surface area contributed by atoms with Crippen molar-refractivity contribution in [2.75, 3.05) is 0 Å². The summed E-state index contributed by atoms with van der Waals surface area (Å²) in [7, 11) is 0. The van der Waals surface area contributed by atoms with Gasteiger partial charge in [0.15, 0.2) is 0 Å². The van der Waals surface area contributed by atoms with E-state index in [4.69, 9.17) is 14.2 Å². The number of rotatable bonds is 6. The first-order valence-corrected chi connectivity index (χ1v) is 15.1. The van der Waals surface area contributed by atoms with Crippen molar-refractivity contribution in [2.45, 2.75) is 136 Å². The molecule has 3 heterocycles. The van der Waals surface area contributed by atoms with E-state index in [-0.39, 0.29) is 33.9 Å². The van der Waals surface area contributed by atoms with Gasteiger partial charge in [-0.25, -0.2) is 0 Å². The van der Waals surface area contributed by atoms with Crippen LogP contribution in [0, 0.1) is 17.8 Å². The summed E-state index contributed by atoms with van der Waals surface area (Å²) in [6, 6.07) is 4.54. The molecule has 42 heavy (non-hydrogen) atoms. The molecule has 234 valence electrons. The third kappa shape index (κ3) is 7.00. The van der Waals surface area contributed by atoms with E-state index in [0.717, 1.165) is 0 Å². The van der Waals surface area contributed by atoms with E-state index in [1.54, 1.807) is 0 Å². The lowest BCUT2D eigenvalue weighted by molar-refractivity contribution is -0.140. The highest BCUT2D eigenvalue weighted by Crippen LogP contribution is 2.41. The van der Waals surface area contributed by atoms with Crippen molar-refractivity contribution in [3.8, 4) is 17.2 Å². The predicted octanol–water partition coefficient (Wildman–Crippen LogP) is 4.90. The number of benzene rings is 1. The smallest absolute Gasteiger partial charge is 0.316 e. The quantitative estimate of drug-likeness (QED) is 0.317. The highest BCUT2D eigenvalue weighted by Gasteiger charge is 2.51. The topological polar surface area (TPSA) is 115 Å². The van der Waals surface area contributed by atoms with E-state index in [1.807, 2.05) is 41.5 Å². The minimum Gasteiger partial charge on any atom is -0.426 e. The molecular formula is C33H51N3O6. The van der Waals surface area contributed by atoms with E-state index >= 15 is 0 Å². The zero-order valence-corrected chi connectivity index (χ0v) is 27.5. The lowest BCUT2D eigenvalue weighted by atomic mass is 9.87. The lowest BCUT2D eigenvalue weighted by Gasteiger charge is -2.28. The Bertz CT molecular complexity index is 1100. The Morgan fingerprint density at radius 3 is 0.881 bits per heavy atom.